The van der Waals surface area contributed by atoms with E-state index in [4.69, 9.17) is 4.74 Å². The first-order chi connectivity index (χ1) is 8.93. The first-order valence-electron chi connectivity index (χ1n) is 6.38. The molecule has 0 saturated carbocycles. The molecule has 0 spiro atoms. The lowest BCUT2D eigenvalue weighted by Gasteiger charge is -2.24. The van der Waals surface area contributed by atoms with E-state index in [1.54, 1.807) is 13.8 Å². The van der Waals surface area contributed by atoms with Crippen molar-refractivity contribution >= 4 is 11.8 Å². The Morgan fingerprint density at radius 2 is 2.21 bits per heavy atom. The third-order valence-corrected chi connectivity index (χ3v) is 3.60. The van der Waals surface area contributed by atoms with Crippen LogP contribution in [0.1, 0.15) is 41.4 Å². The minimum absolute atomic E-state index is 0.189. The number of nitrogens with one attached hydrogen (secondary N) is 1. The Morgan fingerprint density at radius 1 is 1.47 bits per heavy atom. The standard InChI is InChI=1S/C13H19N3O3/c1-8-9(2)15-16-11(10(8)12(17)18)14-7-13(3)5-4-6-19-13/h4-7H2,1-3H3,(H,14,16)(H,17,18). The molecule has 6 heteroatoms. The predicted octanol–water partition coefficient (Wildman–Crippen LogP) is 1.77. The molecule has 2 N–H and O–H groups in total. The molecule has 2 heterocycles. The molecule has 1 saturated heterocycles. The summed E-state index contributed by atoms with van der Waals surface area (Å²) in [6, 6.07) is 0. The molecule has 0 bridgehead atoms. The summed E-state index contributed by atoms with van der Waals surface area (Å²) in [5.74, 6) is -0.678. The lowest BCUT2D eigenvalue weighted by molar-refractivity contribution is 0.0314. The second-order valence-electron chi connectivity index (χ2n) is 5.19. The van der Waals surface area contributed by atoms with Crippen molar-refractivity contribution in [3.8, 4) is 0 Å². The Hall–Kier alpha value is -1.69. The summed E-state index contributed by atoms with van der Waals surface area (Å²) in [7, 11) is 0. The Balaban J connectivity index is 2.20. The Labute approximate surface area is 112 Å². The number of carbonyl (C=O) groups is 1. The van der Waals surface area contributed by atoms with Crippen LogP contribution in [0.3, 0.4) is 0 Å². The molecule has 1 aromatic heterocycles. The molecule has 19 heavy (non-hydrogen) atoms. The molecular formula is C13H19N3O3. The highest BCUT2D eigenvalue weighted by molar-refractivity contribution is 5.94. The number of hydrogen-bond donors (Lipinski definition) is 2. The number of aromatic carboxylic acids is 1. The second-order valence-corrected chi connectivity index (χ2v) is 5.19. The van der Waals surface area contributed by atoms with E-state index in [1.807, 2.05) is 6.92 Å². The molecular weight excluding hydrogens is 246 g/mol. The van der Waals surface area contributed by atoms with Crippen molar-refractivity contribution in [2.24, 2.45) is 0 Å². The van der Waals surface area contributed by atoms with E-state index in [-0.39, 0.29) is 11.2 Å². The van der Waals surface area contributed by atoms with Gasteiger partial charge in [-0.25, -0.2) is 4.79 Å². The van der Waals surface area contributed by atoms with Gasteiger partial charge in [0, 0.05) is 13.2 Å². The summed E-state index contributed by atoms with van der Waals surface area (Å²) in [5.41, 5.74) is 1.21. The van der Waals surface area contributed by atoms with Gasteiger partial charge in [-0.2, -0.15) is 5.10 Å². The highest BCUT2D eigenvalue weighted by Crippen LogP contribution is 2.26. The van der Waals surface area contributed by atoms with Gasteiger partial charge >= 0.3 is 5.97 Å². The molecule has 1 atom stereocenters. The monoisotopic (exact) mass is 265 g/mol. The van der Waals surface area contributed by atoms with E-state index in [1.165, 1.54) is 0 Å². The molecule has 0 aliphatic carbocycles. The van der Waals surface area contributed by atoms with Crippen molar-refractivity contribution < 1.29 is 14.6 Å². The lowest BCUT2D eigenvalue weighted by atomic mass is 10.0. The number of hydrogen-bond acceptors (Lipinski definition) is 5. The van der Waals surface area contributed by atoms with E-state index in [0.717, 1.165) is 19.4 Å². The maximum atomic E-state index is 11.3. The largest absolute Gasteiger partial charge is 0.478 e. The Bertz CT molecular complexity index is 496. The van der Waals surface area contributed by atoms with Crippen LogP contribution in [0.5, 0.6) is 0 Å². The van der Waals surface area contributed by atoms with Gasteiger partial charge in [0.2, 0.25) is 0 Å². The molecule has 1 unspecified atom stereocenters. The van der Waals surface area contributed by atoms with Gasteiger partial charge in [0.05, 0.1) is 11.3 Å². The third kappa shape index (κ3) is 2.84. The topological polar surface area (TPSA) is 84.3 Å². The van der Waals surface area contributed by atoms with Gasteiger partial charge in [0.1, 0.15) is 5.56 Å². The molecule has 0 radical (unpaired) electrons. The number of carboxylic acids is 1. The zero-order chi connectivity index (χ0) is 14.0. The van der Waals surface area contributed by atoms with Gasteiger partial charge in [0.25, 0.3) is 0 Å². The molecule has 1 aromatic rings. The van der Waals surface area contributed by atoms with Crippen LogP contribution >= 0.6 is 0 Å². The summed E-state index contributed by atoms with van der Waals surface area (Å²) in [6.07, 6.45) is 1.99. The normalized spacial score (nSPS) is 22.5. The van der Waals surface area contributed by atoms with Crippen molar-refractivity contribution in [1.29, 1.82) is 0 Å². The van der Waals surface area contributed by atoms with E-state index in [9.17, 15) is 9.90 Å². The molecule has 1 aliphatic rings. The van der Waals surface area contributed by atoms with Gasteiger partial charge in [-0.1, -0.05) is 0 Å². The first kappa shape index (κ1) is 13.7. The van der Waals surface area contributed by atoms with Gasteiger partial charge in [-0.05, 0) is 39.2 Å². The van der Waals surface area contributed by atoms with Crippen molar-refractivity contribution in [2.45, 2.75) is 39.2 Å². The number of aryl methyl sites for hydroxylation is 1. The molecule has 0 amide bonds. The minimum atomic E-state index is -0.990. The summed E-state index contributed by atoms with van der Waals surface area (Å²) in [4.78, 5) is 11.3. The number of anilines is 1. The minimum Gasteiger partial charge on any atom is -0.478 e. The van der Waals surface area contributed by atoms with Crippen LogP contribution in [0, 0.1) is 13.8 Å². The summed E-state index contributed by atoms with van der Waals surface area (Å²) < 4.78 is 5.66. The number of carboxylic acid groups (broad SMARTS) is 1. The average molecular weight is 265 g/mol. The fourth-order valence-corrected chi connectivity index (χ4v) is 2.24. The van der Waals surface area contributed by atoms with Crippen LogP contribution in [-0.2, 0) is 4.74 Å². The number of aromatic nitrogens is 2. The van der Waals surface area contributed by atoms with E-state index >= 15 is 0 Å². The molecule has 1 fully saturated rings. The quantitative estimate of drug-likeness (QED) is 0.863. The highest BCUT2D eigenvalue weighted by atomic mass is 16.5. The lowest BCUT2D eigenvalue weighted by Crippen LogP contribution is -2.33. The van der Waals surface area contributed by atoms with Crippen molar-refractivity contribution in [3.05, 3.63) is 16.8 Å². The van der Waals surface area contributed by atoms with Crippen molar-refractivity contribution in [2.75, 3.05) is 18.5 Å². The van der Waals surface area contributed by atoms with Crippen LogP contribution in [-0.4, -0.2) is 40.0 Å². The summed E-state index contributed by atoms with van der Waals surface area (Å²) >= 11 is 0. The smallest absolute Gasteiger partial charge is 0.339 e. The Kier molecular flexibility index (Phi) is 3.71. The highest BCUT2D eigenvalue weighted by Gasteiger charge is 2.30. The van der Waals surface area contributed by atoms with Crippen LogP contribution in [0.2, 0.25) is 0 Å². The third-order valence-electron chi connectivity index (χ3n) is 3.60. The average Bonchev–Trinajstić information content (AvgIpc) is 2.78. The van der Waals surface area contributed by atoms with Gasteiger partial charge in [0.15, 0.2) is 5.82 Å². The second kappa shape index (κ2) is 5.13. The summed E-state index contributed by atoms with van der Waals surface area (Å²) in [6.45, 7) is 6.79. The van der Waals surface area contributed by atoms with Crippen LogP contribution in [0.4, 0.5) is 5.82 Å². The molecule has 104 valence electrons. The van der Waals surface area contributed by atoms with Crippen molar-refractivity contribution in [3.63, 3.8) is 0 Å². The van der Waals surface area contributed by atoms with Crippen LogP contribution in [0.25, 0.3) is 0 Å². The molecule has 1 aliphatic heterocycles. The SMILES string of the molecule is Cc1nnc(NCC2(C)CCCO2)c(C(=O)O)c1C. The van der Waals surface area contributed by atoms with Gasteiger partial charge < -0.3 is 15.2 Å². The summed E-state index contributed by atoms with van der Waals surface area (Å²) in [5, 5.41) is 20.3. The fraction of sp³-hybridized carbons (Fsp3) is 0.615. The molecule has 6 nitrogen and oxygen atoms in total. The van der Waals surface area contributed by atoms with Gasteiger partial charge in [-0.15, -0.1) is 5.10 Å². The van der Waals surface area contributed by atoms with E-state index in [0.29, 0.717) is 23.6 Å². The fourth-order valence-electron chi connectivity index (χ4n) is 2.24. The van der Waals surface area contributed by atoms with E-state index in [2.05, 4.69) is 15.5 Å². The van der Waals surface area contributed by atoms with Crippen LogP contribution in [0.15, 0.2) is 0 Å². The zero-order valence-corrected chi connectivity index (χ0v) is 11.5. The first-order valence-corrected chi connectivity index (χ1v) is 6.38. The van der Waals surface area contributed by atoms with E-state index < -0.39 is 5.97 Å². The predicted molar refractivity (Wildman–Crippen MR) is 70.5 cm³/mol. The maximum absolute atomic E-state index is 11.3. The van der Waals surface area contributed by atoms with Gasteiger partial charge in [-0.3, -0.25) is 0 Å². The van der Waals surface area contributed by atoms with Crippen molar-refractivity contribution in [1.82, 2.24) is 10.2 Å². The molecule has 2 rings (SSSR count). The molecule has 0 aromatic carbocycles. The zero-order valence-electron chi connectivity index (χ0n) is 11.5. The van der Waals surface area contributed by atoms with Crippen LogP contribution < -0.4 is 5.32 Å². The number of rotatable bonds is 4. The number of nitrogens with zero attached hydrogens (tertiary/aromatic N) is 2. The number of ether oxygens (including phenoxy) is 1. The Morgan fingerprint density at radius 3 is 2.79 bits per heavy atom. The maximum Gasteiger partial charge on any atom is 0.339 e.